The third kappa shape index (κ3) is 4.06. The summed E-state index contributed by atoms with van der Waals surface area (Å²) < 4.78 is 0. The first-order chi connectivity index (χ1) is 6.99. The minimum atomic E-state index is -0.870. The zero-order chi connectivity index (χ0) is 11.4. The summed E-state index contributed by atoms with van der Waals surface area (Å²) in [6.45, 7) is 0.412. The van der Waals surface area contributed by atoms with Gasteiger partial charge >= 0.3 is 5.97 Å². The number of hydrogen-bond acceptors (Lipinski definition) is 6. The number of likely N-dealkylation sites (N-methyl/N-ethyl adjacent to an activating group) is 1. The molecule has 0 fully saturated rings. The number of hydrogen-bond donors (Lipinski definition) is 3. The number of aromatic nitrogens is 2. The normalized spacial score (nSPS) is 10.7. The number of carbonyl (C=O) groups is 1. The number of thiol groups is 2. The molecule has 7 heteroatoms. The molecular weight excluding hydrogens is 234 g/mol. The fraction of sp³-hybridized carbons (Fsp3) is 0.375. The molecule has 0 aliphatic rings. The van der Waals surface area contributed by atoms with Crippen LogP contribution < -0.4 is 0 Å². The van der Waals surface area contributed by atoms with Gasteiger partial charge in [-0.1, -0.05) is 0 Å². The number of carboxylic acid groups (broad SMARTS) is 1. The van der Waals surface area contributed by atoms with Gasteiger partial charge in [0.05, 0.1) is 6.54 Å². The highest BCUT2D eigenvalue weighted by atomic mass is 32.1. The van der Waals surface area contributed by atoms with Crippen molar-refractivity contribution < 1.29 is 9.90 Å². The maximum Gasteiger partial charge on any atom is 0.317 e. The lowest BCUT2D eigenvalue weighted by atomic mass is 10.3. The summed E-state index contributed by atoms with van der Waals surface area (Å²) in [7, 11) is 1.70. The van der Waals surface area contributed by atoms with E-state index in [2.05, 4.69) is 35.2 Å². The van der Waals surface area contributed by atoms with Crippen LogP contribution >= 0.6 is 25.3 Å². The molecule has 0 spiro atoms. The maximum absolute atomic E-state index is 10.4. The van der Waals surface area contributed by atoms with Crippen molar-refractivity contribution in [1.82, 2.24) is 14.9 Å². The summed E-state index contributed by atoms with van der Waals surface area (Å²) in [5.41, 5.74) is 0.778. The molecule has 1 N–H and O–H groups in total. The third-order valence-electron chi connectivity index (χ3n) is 1.67. The highest BCUT2D eigenvalue weighted by Crippen LogP contribution is 2.13. The van der Waals surface area contributed by atoms with Crippen LogP contribution in [0.1, 0.15) is 5.56 Å². The first-order valence-corrected chi connectivity index (χ1v) is 5.02. The Labute approximate surface area is 98.4 Å². The zero-order valence-corrected chi connectivity index (χ0v) is 9.87. The Morgan fingerprint density at radius 3 is 2.80 bits per heavy atom. The van der Waals surface area contributed by atoms with Gasteiger partial charge in [-0.3, -0.25) is 9.69 Å². The fourth-order valence-electron chi connectivity index (χ4n) is 1.08. The molecule has 1 heterocycles. The summed E-state index contributed by atoms with van der Waals surface area (Å²) in [6.07, 6.45) is 1.59. The predicted octanol–water partition coefficient (Wildman–Crippen LogP) is 0.570. The summed E-state index contributed by atoms with van der Waals surface area (Å²) in [4.78, 5) is 19.9. The first-order valence-electron chi connectivity index (χ1n) is 4.13. The Morgan fingerprint density at radius 1 is 1.60 bits per heavy atom. The lowest BCUT2D eigenvalue weighted by Crippen LogP contribution is -2.25. The molecule has 0 radical (unpaired) electrons. The summed E-state index contributed by atoms with van der Waals surface area (Å²) in [6, 6.07) is 0. The lowest BCUT2D eigenvalue weighted by molar-refractivity contribution is -0.138. The topological polar surface area (TPSA) is 66.3 Å². The second-order valence-electron chi connectivity index (χ2n) is 3.08. The SMILES string of the molecule is CN(CC(=O)O)Cc1cnc(S)nc1S. The van der Waals surface area contributed by atoms with E-state index in [4.69, 9.17) is 5.11 Å². The van der Waals surface area contributed by atoms with Gasteiger partial charge in [0, 0.05) is 18.3 Å². The number of aliphatic carboxylic acids is 1. The number of rotatable bonds is 4. The van der Waals surface area contributed by atoms with Crippen molar-refractivity contribution in [2.75, 3.05) is 13.6 Å². The van der Waals surface area contributed by atoms with Crippen LogP contribution in [-0.4, -0.2) is 39.5 Å². The van der Waals surface area contributed by atoms with Crippen LogP contribution in [0.2, 0.25) is 0 Å². The van der Waals surface area contributed by atoms with E-state index in [-0.39, 0.29) is 6.54 Å². The van der Waals surface area contributed by atoms with Crippen LogP contribution in [0.25, 0.3) is 0 Å². The summed E-state index contributed by atoms with van der Waals surface area (Å²) in [5, 5.41) is 9.44. The Hall–Kier alpha value is -0.790. The minimum Gasteiger partial charge on any atom is -0.480 e. The van der Waals surface area contributed by atoms with E-state index in [1.54, 1.807) is 18.1 Å². The Kier molecular flexibility index (Phi) is 4.37. The average molecular weight is 245 g/mol. The summed E-state index contributed by atoms with van der Waals surface area (Å²) in [5.74, 6) is -0.870. The van der Waals surface area contributed by atoms with Crippen molar-refractivity contribution in [3.63, 3.8) is 0 Å². The van der Waals surface area contributed by atoms with Gasteiger partial charge in [-0.05, 0) is 7.05 Å². The maximum atomic E-state index is 10.4. The summed E-state index contributed by atoms with van der Waals surface area (Å²) >= 11 is 8.13. The molecule has 5 nitrogen and oxygen atoms in total. The van der Waals surface area contributed by atoms with Gasteiger partial charge < -0.3 is 5.11 Å². The van der Waals surface area contributed by atoms with Crippen LogP contribution in [0.4, 0.5) is 0 Å². The Bertz CT molecular complexity index is 373. The van der Waals surface area contributed by atoms with E-state index in [9.17, 15) is 4.79 Å². The van der Waals surface area contributed by atoms with Crippen molar-refractivity contribution in [3.8, 4) is 0 Å². The van der Waals surface area contributed by atoms with E-state index >= 15 is 0 Å². The molecule has 0 bridgehead atoms. The van der Waals surface area contributed by atoms with Gasteiger partial charge in [-0.25, -0.2) is 9.97 Å². The molecule has 0 aliphatic heterocycles. The van der Waals surface area contributed by atoms with Gasteiger partial charge in [0.25, 0.3) is 0 Å². The van der Waals surface area contributed by atoms with Crippen LogP contribution in [0, 0.1) is 0 Å². The molecule has 82 valence electrons. The first kappa shape index (κ1) is 12.3. The molecule has 0 aromatic carbocycles. The van der Waals surface area contributed by atoms with Crippen LogP contribution in [0.15, 0.2) is 16.4 Å². The average Bonchev–Trinajstić information content (AvgIpc) is 2.08. The molecule has 0 aliphatic carbocycles. The van der Waals surface area contributed by atoms with Crippen molar-refractivity contribution in [2.45, 2.75) is 16.7 Å². The largest absolute Gasteiger partial charge is 0.480 e. The second-order valence-corrected chi connectivity index (χ2v) is 3.91. The van der Waals surface area contributed by atoms with Gasteiger partial charge in [0.2, 0.25) is 0 Å². The van der Waals surface area contributed by atoms with Gasteiger partial charge in [-0.2, -0.15) is 0 Å². The highest BCUT2D eigenvalue weighted by molar-refractivity contribution is 7.80. The molecule has 0 unspecified atom stereocenters. The number of carboxylic acids is 1. The Morgan fingerprint density at radius 2 is 2.27 bits per heavy atom. The third-order valence-corrected chi connectivity index (χ3v) is 2.28. The molecule has 0 saturated carbocycles. The fourth-order valence-corrected chi connectivity index (χ4v) is 1.54. The predicted molar refractivity (Wildman–Crippen MR) is 60.5 cm³/mol. The monoisotopic (exact) mass is 245 g/mol. The highest BCUT2D eigenvalue weighted by Gasteiger charge is 2.08. The second kappa shape index (κ2) is 5.34. The van der Waals surface area contributed by atoms with E-state index in [1.807, 2.05) is 0 Å². The smallest absolute Gasteiger partial charge is 0.317 e. The van der Waals surface area contributed by atoms with E-state index in [0.29, 0.717) is 16.7 Å². The molecule has 1 rings (SSSR count). The number of nitrogens with zero attached hydrogens (tertiary/aromatic N) is 3. The lowest BCUT2D eigenvalue weighted by Gasteiger charge is -2.14. The van der Waals surface area contributed by atoms with Crippen molar-refractivity contribution in [3.05, 3.63) is 11.8 Å². The minimum absolute atomic E-state index is 0.0319. The molecule has 1 aromatic heterocycles. The Balaban J connectivity index is 2.68. The van der Waals surface area contributed by atoms with Crippen LogP contribution in [-0.2, 0) is 11.3 Å². The van der Waals surface area contributed by atoms with Crippen molar-refractivity contribution in [2.24, 2.45) is 0 Å². The molecule has 0 saturated heterocycles. The molecule has 0 amide bonds. The quantitative estimate of drug-likeness (QED) is 0.411. The van der Waals surface area contributed by atoms with Gasteiger partial charge in [0.15, 0.2) is 5.16 Å². The molecular formula is C8H11N3O2S2. The van der Waals surface area contributed by atoms with Crippen LogP contribution in [0.5, 0.6) is 0 Å². The molecule has 15 heavy (non-hydrogen) atoms. The van der Waals surface area contributed by atoms with E-state index in [0.717, 1.165) is 5.56 Å². The van der Waals surface area contributed by atoms with Crippen LogP contribution in [0.3, 0.4) is 0 Å². The zero-order valence-electron chi connectivity index (χ0n) is 8.08. The van der Waals surface area contributed by atoms with E-state index in [1.165, 1.54) is 0 Å². The molecule has 1 aromatic rings. The molecule has 0 atom stereocenters. The van der Waals surface area contributed by atoms with E-state index < -0.39 is 5.97 Å². The standard InChI is InChI=1S/C8H11N3O2S2/c1-11(4-6(12)13)3-5-2-9-8(15)10-7(5)14/h2H,3-4H2,1H3,(H,12,13)(H2,9,10,14,15). The van der Waals surface area contributed by atoms with Crippen molar-refractivity contribution >= 4 is 31.2 Å². The van der Waals surface area contributed by atoms with Gasteiger partial charge in [0.1, 0.15) is 5.03 Å². The van der Waals surface area contributed by atoms with Crippen molar-refractivity contribution in [1.29, 1.82) is 0 Å². The van der Waals surface area contributed by atoms with Gasteiger partial charge in [-0.15, -0.1) is 25.3 Å².